The summed E-state index contributed by atoms with van der Waals surface area (Å²) in [7, 11) is 0. The summed E-state index contributed by atoms with van der Waals surface area (Å²) >= 11 is 0. The molecule has 4 rings (SSSR count). The third kappa shape index (κ3) is 5.22. The van der Waals surface area contributed by atoms with Crippen molar-refractivity contribution in [3.8, 4) is 6.07 Å². The van der Waals surface area contributed by atoms with Crippen LogP contribution in [-0.4, -0.2) is 32.6 Å². The molecule has 0 aliphatic heterocycles. The van der Waals surface area contributed by atoms with E-state index in [1.807, 2.05) is 6.07 Å². The first-order valence-electron chi connectivity index (χ1n) is 10.1. The fourth-order valence-electron chi connectivity index (χ4n) is 3.19. The summed E-state index contributed by atoms with van der Waals surface area (Å²) in [4.78, 5) is 23.8. The molecule has 3 N–H and O–H groups in total. The number of aliphatic hydroxyl groups is 1. The Kier molecular flexibility index (Phi) is 6.37. The highest BCUT2D eigenvalue weighted by molar-refractivity contribution is 5.95. The summed E-state index contributed by atoms with van der Waals surface area (Å²) in [6, 6.07) is 16.1. The molecule has 0 fully saturated rings. The smallest absolute Gasteiger partial charge is 0.416 e. The lowest BCUT2D eigenvalue weighted by Gasteiger charge is -2.13. The van der Waals surface area contributed by atoms with Gasteiger partial charge in [0.15, 0.2) is 11.6 Å². The second kappa shape index (κ2) is 9.56. The van der Waals surface area contributed by atoms with Crippen LogP contribution in [0.25, 0.3) is 16.6 Å². The van der Waals surface area contributed by atoms with Crippen molar-refractivity contribution in [2.24, 2.45) is 0 Å². The van der Waals surface area contributed by atoms with E-state index in [2.05, 4.69) is 20.3 Å². The Hall–Kier alpha value is -4.85. The summed E-state index contributed by atoms with van der Waals surface area (Å²) in [5.74, 6) is -1.38. The first kappa shape index (κ1) is 23.3. The van der Waals surface area contributed by atoms with E-state index in [4.69, 9.17) is 4.74 Å². The molecule has 0 spiro atoms. The molecule has 0 unspecified atom stereocenters. The van der Waals surface area contributed by atoms with Crippen molar-refractivity contribution in [1.29, 1.82) is 5.26 Å². The Morgan fingerprint density at radius 2 is 1.94 bits per heavy atom. The van der Waals surface area contributed by atoms with Gasteiger partial charge in [0.2, 0.25) is 0 Å². The first-order valence-corrected chi connectivity index (χ1v) is 10.1. The lowest BCUT2D eigenvalue weighted by Crippen LogP contribution is -2.12. The van der Waals surface area contributed by atoms with Gasteiger partial charge in [0.25, 0.3) is 0 Å². The number of hydrogen-bond donors (Lipinski definition) is 3. The monoisotopic (exact) mass is 479 g/mol. The van der Waals surface area contributed by atoms with E-state index in [1.165, 1.54) is 30.5 Å². The lowest BCUT2D eigenvalue weighted by molar-refractivity contribution is -0.137. The Morgan fingerprint density at radius 1 is 1.14 bits per heavy atom. The highest BCUT2D eigenvalue weighted by atomic mass is 19.4. The lowest BCUT2D eigenvalue weighted by atomic mass is 10.2. The molecular weight excluding hydrogens is 463 g/mol. The highest BCUT2D eigenvalue weighted by Gasteiger charge is 2.30. The minimum Gasteiger partial charge on any atom is -0.507 e. The molecule has 0 radical (unpaired) electrons. The Labute approximate surface area is 196 Å². The molecule has 176 valence electrons. The van der Waals surface area contributed by atoms with Crippen LogP contribution in [0.15, 0.2) is 72.6 Å². The number of imidazole rings is 1. The number of aliphatic hydroxyl groups excluding tert-OH is 1. The number of nitrogens with zero attached hydrogens (tertiary/aromatic N) is 3. The number of H-pyrrole nitrogens is 1. The molecule has 0 amide bonds. The van der Waals surface area contributed by atoms with Gasteiger partial charge in [0, 0.05) is 11.9 Å². The van der Waals surface area contributed by atoms with Gasteiger partial charge < -0.3 is 20.1 Å². The Bertz CT molecular complexity index is 1440. The van der Waals surface area contributed by atoms with Crippen LogP contribution in [0.5, 0.6) is 0 Å². The number of fused-ring (bicyclic) bond motifs is 1. The van der Waals surface area contributed by atoms with Crippen molar-refractivity contribution in [2.45, 2.75) is 6.18 Å². The van der Waals surface area contributed by atoms with Crippen LogP contribution in [0, 0.1) is 11.3 Å². The zero-order chi connectivity index (χ0) is 25.0. The van der Waals surface area contributed by atoms with Crippen LogP contribution in [0.4, 0.5) is 24.7 Å². The van der Waals surface area contributed by atoms with Gasteiger partial charge in [-0.2, -0.15) is 18.4 Å². The van der Waals surface area contributed by atoms with Crippen molar-refractivity contribution in [3.05, 3.63) is 89.6 Å². The Balaban J connectivity index is 1.52. The topological polar surface area (TPSA) is 124 Å². The number of rotatable bonds is 6. The number of carbonyl (C=O) groups is 1. The molecule has 0 aliphatic rings. The number of para-hydroxylation sites is 2. The third-order valence-corrected chi connectivity index (χ3v) is 4.85. The number of nitriles is 1. The highest BCUT2D eigenvalue weighted by Crippen LogP contribution is 2.31. The summed E-state index contributed by atoms with van der Waals surface area (Å²) in [5, 5.41) is 22.5. The maximum absolute atomic E-state index is 13.0. The number of hydrogen-bond acceptors (Lipinski definition) is 7. The molecule has 0 bridgehead atoms. The van der Waals surface area contributed by atoms with Crippen LogP contribution < -0.4 is 5.32 Å². The molecule has 2 aromatic heterocycles. The average molecular weight is 479 g/mol. The molecule has 2 heterocycles. The van der Waals surface area contributed by atoms with E-state index in [-0.39, 0.29) is 28.5 Å². The largest absolute Gasteiger partial charge is 0.507 e. The molecule has 2 aromatic carbocycles. The molecule has 4 aromatic rings. The van der Waals surface area contributed by atoms with Crippen molar-refractivity contribution in [1.82, 2.24) is 15.0 Å². The maximum atomic E-state index is 13.0. The first-order chi connectivity index (χ1) is 16.8. The minimum atomic E-state index is -4.54. The average Bonchev–Trinajstić information content (AvgIpc) is 3.27. The number of ether oxygens (including phenoxy) is 1. The molecule has 11 heteroatoms. The number of pyridine rings is 1. The normalized spacial score (nSPS) is 12.1. The van der Waals surface area contributed by atoms with E-state index < -0.39 is 30.1 Å². The number of carbonyl (C=O) groups excluding carboxylic acids is 1. The van der Waals surface area contributed by atoms with Crippen molar-refractivity contribution in [3.63, 3.8) is 0 Å². The summed E-state index contributed by atoms with van der Waals surface area (Å²) < 4.78 is 44.1. The van der Waals surface area contributed by atoms with Gasteiger partial charge in [-0.05, 0) is 42.5 Å². The zero-order valence-electron chi connectivity index (χ0n) is 17.8. The molecule has 0 saturated heterocycles. The summed E-state index contributed by atoms with van der Waals surface area (Å²) in [6.07, 6.45) is -3.19. The summed E-state index contributed by atoms with van der Waals surface area (Å²) in [5.41, 5.74) is 0.142. The second-order valence-corrected chi connectivity index (χ2v) is 7.22. The predicted octanol–water partition coefficient (Wildman–Crippen LogP) is 5.37. The number of esters is 1. The van der Waals surface area contributed by atoms with Gasteiger partial charge in [-0.3, -0.25) is 0 Å². The maximum Gasteiger partial charge on any atom is 0.416 e. The van der Waals surface area contributed by atoms with E-state index in [1.54, 1.807) is 24.3 Å². The van der Waals surface area contributed by atoms with E-state index >= 15 is 0 Å². The fourth-order valence-corrected chi connectivity index (χ4v) is 3.19. The van der Waals surface area contributed by atoms with Crippen LogP contribution in [-0.2, 0) is 10.9 Å². The number of aromatic amines is 1. The van der Waals surface area contributed by atoms with Crippen molar-refractivity contribution >= 4 is 34.1 Å². The van der Waals surface area contributed by atoms with Gasteiger partial charge in [-0.15, -0.1) is 0 Å². The fraction of sp³-hybridized carbons (Fsp3) is 0.0833. The number of allylic oxidation sites excluding steroid dienone is 1. The molecule has 0 atom stereocenters. The number of aromatic nitrogens is 3. The second-order valence-electron chi connectivity index (χ2n) is 7.22. The van der Waals surface area contributed by atoms with Gasteiger partial charge in [-0.1, -0.05) is 18.2 Å². The number of halogens is 3. The van der Waals surface area contributed by atoms with Crippen molar-refractivity contribution < 1.29 is 27.8 Å². The molecule has 0 saturated carbocycles. The minimum absolute atomic E-state index is 0.0434. The van der Waals surface area contributed by atoms with Gasteiger partial charge in [0.05, 0.1) is 16.6 Å². The Morgan fingerprint density at radius 3 is 2.69 bits per heavy atom. The quantitative estimate of drug-likeness (QED) is 0.193. The standard InChI is InChI=1S/C24H16F3N5O3/c25-24(26,27)14-5-3-6-15(11-14)30-21-16(7-4-10-29-21)23(34)35-13-20(33)17(12-28)22-31-18-8-1-2-9-19(18)32-22/h1-11,33H,13H2,(H,29,30)(H,31,32)/b20-17-. The molecule has 35 heavy (non-hydrogen) atoms. The SMILES string of the molecule is N#C/C(=C(/O)COC(=O)c1cccnc1Nc1cccc(C(F)(F)F)c1)c1nc2ccccc2[nH]1. The van der Waals surface area contributed by atoms with E-state index in [0.717, 1.165) is 12.1 Å². The van der Waals surface area contributed by atoms with E-state index in [0.29, 0.717) is 11.0 Å². The van der Waals surface area contributed by atoms with Crippen LogP contribution in [0.1, 0.15) is 21.7 Å². The molecular formula is C24H16F3N5O3. The molecule has 0 aliphatic carbocycles. The van der Waals surface area contributed by atoms with Gasteiger partial charge in [-0.25, -0.2) is 14.8 Å². The van der Waals surface area contributed by atoms with Gasteiger partial charge >= 0.3 is 12.1 Å². The van der Waals surface area contributed by atoms with Crippen molar-refractivity contribution in [2.75, 3.05) is 11.9 Å². The number of alkyl halides is 3. The predicted molar refractivity (Wildman–Crippen MR) is 121 cm³/mol. The van der Waals surface area contributed by atoms with E-state index in [9.17, 15) is 28.3 Å². The number of anilines is 2. The summed E-state index contributed by atoms with van der Waals surface area (Å²) in [6.45, 7) is -0.642. The number of nitrogens with one attached hydrogen (secondary N) is 2. The zero-order valence-corrected chi connectivity index (χ0v) is 17.8. The van der Waals surface area contributed by atoms with Crippen LogP contribution >= 0.6 is 0 Å². The van der Waals surface area contributed by atoms with Gasteiger partial charge in [0.1, 0.15) is 29.6 Å². The molecule has 8 nitrogen and oxygen atoms in total. The third-order valence-electron chi connectivity index (χ3n) is 4.85. The van der Waals surface area contributed by atoms with Crippen LogP contribution in [0.2, 0.25) is 0 Å². The number of benzene rings is 2. The van der Waals surface area contributed by atoms with Crippen LogP contribution in [0.3, 0.4) is 0 Å².